The highest BCUT2D eigenvalue weighted by molar-refractivity contribution is 6.30. The van der Waals surface area contributed by atoms with Crippen molar-refractivity contribution in [3.05, 3.63) is 71.4 Å². The molecular weight excluding hydrogens is 420 g/mol. The van der Waals surface area contributed by atoms with E-state index in [1.165, 1.54) is 7.11 Å². The van der Waals surface area contributed by atoms with Crippen LogP contribution < -0.4 is 18.9 Å². The second kappa shape index (κ2) is 8.62. The first-order valence-corrected chi connectivity index (χ1v) is 9.70. The van der Waals surface area contributed by atoms with Crippen LogP contribution in [0, 0.1) is 0 Å². The molecule has 6 nitrogen and oxygen atoms in total. The number of halogens is 1. The van der Waals surface area contributed by atoms with Gasteiger partial charge in [-0.25, -0.2) is 4.79 Å². The molecule has 4 rings (SSSR count). The molecule has 0 aliphatic rings. The molecule has 0 amide bonds. The lowest BCUT2D eigenvalue weighted by atomic mass is 10.00. The first-order valence-electron chi connectivity index (χ1n) is 9.33. The number of carbonyl (C=O) groups is 1. The predicted molar refractivity (Wildman–Crippen MR) is 118 cm³/mol. The molecule has 1 aromatic heterocycles. The predicted octanol–water partition coefficient (Wildman–Crippen LogP) is 6.00. The molecule has 3 aromatic carbocycles. The molecule has 0 bridgehead atoms. The van der Waals surface area contributed by atoms with Crippen molar-refractivity contribution >= 4 is 28.5 Å². The molecule has 7 heteroatoms. The van der Waals surface area contributed by atoms with Crippen LogP contribution in [0.2, 0.25) is 5.02 Å². The van der Waals surface area contributed by atoms with Crippen LogP contribution in [-0.4, -0.2) is 27.3 Å². The van der Waals surface area contributed by atoms with E-state index >= 15 is 0 Å². The first-order chi connectivity index (χ1) is 15.0. The van der Waals surface area contributed by atoms with E-state index in [0.717, 1.165) is 5.56 Å². The molecule has 0 saturated carbocycles. The summed E-state index contributed by atoms with van der Waals surface area (Å²) in [4.78, 5) is 13.1. The van der Waals surface area contributed by atoms with Gasteiger partial charge in [0.25, 0.3) is 0 Å². The number of esters is 1. The summed E-state index contributed by atoms with van der Waals surface area (Å²) < 4.78 is 27.4. The van der Waals surface area contributed by atoms with E-state index in [9.17, 15) is 4.79 Å². The van der Waals surface area contributed by atoms with Gasteiger partial charge in [0.1, 0.15) is 28.6 Å². The Morgan fingerprint density at radius 3 is 2.03 bits per heavy atom. The standard InChI is InChI=1S/C24H19ClO6/c1-27-17-8-14(9-18(10-17)28-2)21-13-30-22-12-19(29-3)11-20(23(21)22)24(26)31-16-6-4-15(25)5-7-16/h4-13H,1-3H3. The maximum atomic E-state index is 13.1. The summed E-state index contributed by atoms with van der Waals surface area (Å²) in [5.41, 5.74) is 2.24. The normalized spacial score (nSPS) is 10.7. The van der Waals surface area contributed by atoms with Crippen molar-refractivity contribution in [3.8, 4) is 34.1 Å². The smallest absolute Gasteiger partial charge is 0.344 e. The Balaban J connectivity index is 1.86. The third kappa shape index (κ3) is 4.15. The Kier molecular flexibility index (Phi) is 5.73. The van der Waals surface area contributed by atoms with Crippen molar-refractivity contribution < 1.29 is 28.2 Å². The van der Waals surface area contributed by atoms with Crippen molar-refractivity contribution in [2.75, 3.05) is 21.3 Å². The number of furan rings is 1. The lowest BCUT2D eigenvalue weighted by Crippen LogP contribution is -2.09. The Bertz CT molecular complexity index is 1220. The van der Waals surface area contributed by atoms with Crippen molar-refractivity contribution in [1.82, 2.24) is 0 Å². The molecule has 0 aliphatic carbocycles. The first kappa shape index (κ1) is 20.6. The summed E-state index contributed by atoms with van der Waals surface area (Å²) >= 11 is 5.92. The molecule has 0 N–H and O–H groups in total. The number of carbonyl (C=O) groups excluding carboxylic acids is 1. The summed E-state index contributed by atoms with van der Waals surface area (Å²) in [5.74, 6) is 1.52. The van der Waals surface area contributed by atoms with Gasteiger partial charge in [0.05, 0.1) is 33.2 Å². The van der Waals surface area contributed by atoms with Crippen LogP contribution in [0.25, 0.3) is 22.1 Å². The maximum absolute atomic E-state index is 13.1. The minimum absolute atomic E-state index is 0.301. The van der Waals surface area contributed by atoms with Gasteiger partial charge in [-0.05, 0) is 48.0 Å². The summed E-state index contributed by atoms with van der Waals surface area (Å²) in [6, 6.07) is 15.3. The molecule has 0 saturated heterocycles. The van der Waals surface area contributed by atoms with Crippen LogP contribution in [0.4, 0.5) is 0 Å². The van der Waals surface area contributed by atoms with Gasteiger partial charge in [-0.15, -0.1) is 0 Å². The molecule has 0 fully saturated rings. The quantitative estimate of drug-likeness (QED) is 0.272. The average molecular weight is 439 g/mol. The van der Waals surface area contributed by atoms with Crippen LogP contribution in [0.15, 0.2) is 65.3 Å². The molecule has 0 aliphatic heterocycles. The van der Waals surface area contributed by atoms with Gasteiger partial charge in [-0.1, -0.05) is 11.6 Å². The van der Waals surface area contributed by atoms with Crippen LogP contribution in [0.5, 0.6) is 23.0 Å². The van der Waals surface area contributed by atoms with Crippen LogP contribution in [-0.2, 0) is 0 Å². The SMILES string of the molecule is COc1cc(OC)cc(-c2coc3cc(OC)cc(C(=O)Oc4ccc(Cl)cc4)c23)c1. The van der Waals surface area contributed by atoms with Gasteiger partial charge in [0.2, 0.25) is 0 Å². The fourth-order valence-electron chi connectivity index (χ4n) is 3.26. The van der Waals surface area contributed by atoms with Crippen LogP contribution in [0.1, 0.15) is 10.4 Å². The lowest BCUT2D eigenvalue weighted by molar-refractivity contribution is 0.0736. The third-order valence-corrected chi connectivity index (χ3v) is 5.04. The van der Waals surface area contributed by atoms with Crippen LogP contribution >= 0.6 is 11.6 Å². The van der Waals surface area contributed by atoms with Gasteiger partial charge in [-0.3, -0.25) is 0 Å². The zero-order valence-corrected chi connectivity index (χ0v) is 17.9. The Morgan fingerprint density at radius 2 is 1.42 bits per heavy atom. The second-order valence-electron chi connectivity index (χ2n) is 6.64. The molecule has 31 heavy (non-hydrogen) atoms. The van der Waals surface area contributed by atoms with Gasteiger partial charge in [0.15, 0.2) is 0 Å². The molecule has 0 radical (unpaired) electrons. The molecule has 158 valence electrons. The summed E-state index contributed by atoms with van der Waals surface area (Å²) in [7, 11) is 4.67. The van der Waals surface area contributed by atoms with E-state index in [1.54, 1.807) is 62.9 Å². The number of methoxy groups -OCH3 is 3. The minimum Gasteiger partial charge on any atom is -0.497 e. The average Bonchev–Trinajstić information content (AvgIpc) is 3.23. The van der Waals surface area contributed by atoms with E-state index in [4.69, 9.17) is 35.0 Å². The topological polar surface area (TPSA) is 67.1 Å². The Morgan fingerprint density at radius 1 is 0.806 bits per heavy atom. The fraction of sp³-hybridized carbons (Fsp3) is 0.125. The largest absolute Gasteiger partial charge is 0.497 e. The minimum atomic E-state index is -0.552. The number of hydrogen-bond acceptors (Lipinski definition) is 6. The van der Waals surface area contributed by atoms with E-state index in [0.29, 0.717) is 50.1 Å². The van der Waals surface area contributed by atoms with E-state index in [2.05, 4.69) is 0 Å². The highest BCUT2D eigenvalue weighted by atomic mass is 35.5. The lowest BCUT2D eigenvalue weighted by Gasteiger charge is -2.10. The second-order valence-corrected chi connectivity index (χ2v) is 7.08. The fourth-order valence-corrected chi connectivity index (χ4v) is 3.39. The molecule has 4 aromatic rings. The highest BCUT2D eigenvalue weighted by Crippen LogP contribution is 2.39. The Hall–Kier alpha value is -3.64. The molecule has 0 spiro atoms. The number of benzene rings is 3. The monoisotopic (exact) mass is 438 g/mol. The van der Waals surface area contributed by atoms with Crippen molar-refractivity contribution in [1.29, 1.82) is 0 Å². The maximum Gasteiger partial charge on any atom is 0.344 e. The summed E-state index contributed by atoms with van der Waals surface area (Å²) in [6.45, 7) is 0. The zero-order valence-electron chi connectivity index (χ0n) is 17.1. The van der Waals surface area contributed by atoms with E-state index in [-0.39, 0.29) is 0 Å². The van der Waals surface area contributed by atoms with Gasteiger partial charge in [-0.2, -0.15) is 0 Å². The van der Waals surface area contributed by atoms with Crippen molar-refractivity contribution in [2.45, 2.75) is 0 Å². The Labute approximate surface area is 183 Å². The number of fused-ring (bicyclic) bond motifs is 1. The highest BCUT2D eigenvalue weighted by Gasteiger charge is 2.21. The number of hydrogen-bond donors (Lipinski definition) is 0. The van der Waals surface area contributed by atoms with Crippen molar-refractivity contribution in [2.24, 2.45) is 0 Å². The molecule has 0 unspecified atom stereocenters. The molecular formula is C24H19ClO6. The van der Waals surface area contributed by atoms with E-state index < -0.39 is 5.97 Å². The number of ether oxygens (including phenoxy) is 4. The number of rotatable bonds is 6. The van der Waals surface area contributed by atoms with Crippen LogP contribution in [0.3, 0.4) is 0 Å². The zero-order chi connectivity index (χ0) is 22.0. The van der Waals surface area contributed by atoms with Crippen molar-refractivity contribution in [3.63, 3.8) is 0 Å². The third-order valence-electron chi connectivity index (χ3n) is 4.79. The summed E-state index contributed by atoms with van der Waals surface area (Å²) in [5, 5.41) is 1.14. The molecule has 1 heterocycles. The van der Waals surface area contributed by atoms with Gasteiger partial charge in [0, 0.05) is 28.1 Å². The van der Waals surface area contributed by atoms with E-state index in [1.807, 2.05) is 12.1 Å². The van der Waals surface area contributed by atoms with Gasteiger partial charge < -0.3 is 23.4 Å². The molecule has 0 atom stereocenters. The summed E-state index contributed by atoms with van der Waals surface area (Å²) in [6.07, 6.45) is 1.58. The van der Waals surface area contributed by atoms with Gasteiger partial charge >= 0.3 is 5.97 Å².